The first kappa shape index (κ1) is 37.5. The summed E-state index contributed by atoms with van der Waals surface area (Å²) in [5.74, 6) is -4.80. The number of aromatic hydroxyl groups is 1. The van der Waals surface area contributed by atoms with Crippen LogP contribution in [0.1, 0.15) is 42.4 Å². The molecule has 0 spiro atoms. The summed E-state index contributed by atoms with van der Waals surface area (Å²) < 4.78 is 20.2. The molecule has 1 saturated carbocycles. The molecule has 3 saturated heterocycles. The minimum absolute atomic E-state index is 0.0583. The van der Waals surface area contributed by atoms with Gasteiger partial charge in [0.1, 0.15) is 17.3 Å². The van der Waals surface area contributed by atoms with Gasteiger partial charge < -0.3 is 9.84 Å². The van der Waals surface area contributed by atoms with E-state index in [2.05, 4.69) is 22.5 Å². The number of hydrogen-bond donors (Lipinski definition) is 2. The van der Waals surface area contributed by atoms with Gasteiger partial charge in [-0.2, -0.15) is 5.01 Å². The van der Waals surface area contributed by atoms with Crippen LogP contribution in [-0.2, 0) is 37.6 Å². The second kappa shape index (κ2) is 14.5. The molecule has 10 nitrogen and oxygen atoms in total. The standard InChI is InChI=1S/C47H42ClFN4O6/c48-31-8-6-30(7-9-31)47-39(44(56)53(46(47)58)50-33-12-10-32(49)11-13-33)24-38-36(42(47)29-22-28-23-35(54)14-17-40(28)59-26-29)15-16-37-41(38)45(57)52(43(37)55)34-18-20-51(21-19-34)25-27-4-2-1-3-5-27/h1-15,17,23,26,34,37-39,41-42,50,54H,16,18-22,24-25H2/t37-,38+,39-,41-,42-,47+/m0/s1. The van der Waals surface area contributed by atoms with Crippen LogP contribution in [0.4, 0.5) is 10.1 Å². The molecule has 0 radical (unpaired) electrons. The van der Waals surface area contributed by atoms with Crippen molar-refractivity contribution >= 4 is 40.9 Å². The molecule has 4 aromatic rings. The zero-order chi connectivity index (χ0) is 40.6. The average Bonchev–Trinajstić information content (AvgIpc) is 3.62. The summed E-state index contributed by atoms with van der Waals surface area (Å²) in [4.78, 5) is 63.7. The van der Waals surface area contributed by atoms with E-state index >= 15 is 4.79 Å². The van der Waals surface area contributed by atoms with Gasteiger partial charge in [-0.1, -0.05) is 65.7 Å². The van der Waals surface area contributed by atoms with Crippen LogP contribution in [0.15, 0.2) is 121 Å². The number of allylic oxidation sites excluding steroid dienone is 3. The molecule has 300 valence electrons. The van der Waals surface area contributed by atoms with Gasteiger partial charge in [0.15, 0.2) is 0 Å². The van der Waals surface area contributed by atoms with E-state index < -0.39 is 52.6 Å². The maximum Gasteiger partial charge on any atom is 0.260 e. The Morgan fingerprint density at radius 3 is 2.36 bits per heavy atom. The lowest BCUT2D eigenvalue weighted by Gasteiger charge is -2.51. The fraction of sp³-hybridized carbons (Fsp3) is 0.319. The number of benzene rings is 4. The molecule has 6 atom stereocenters. The Morgan fingerprint density at radius 2 is 1.61 bits per heavy atom. The quantitative estimate of drug-likeness (QED) is 0.149. The molecular formula is C47H42ClFN4O6. The zero-order valence-corrected chi connectivity index (χ0v) is 32.9. The summed E-state index contributed by atoms with van der Waals surface area (Å²) in [6.07, 6.45) is 5.77. The molecule has 4 amide bonds. The van der Waals surface area contributed by atoms with Crippen molar-refractivity contribution in [3.05, 3.63) is 148 Å². The Balaban J connectivity index is 1.05. The number of carbonyl (C=O) groups is 4. The second-order valence-corrected chi connectivity index (χ2v) is 17.1. The summed E-state index contributed by atoms with van der Waals surface area (Å²) in [5.41, 5.74) is 5.83. The first-order valence-electron chi connectivity index (χ1n) is 20.3. The number of likely N-dealkylation sites (tertiary alicyclic amines) is 2. The number of hydrogen-bond acceptors (Lipinski definition) is 8. The summed E-state index contributed by atoms with van der Waals surface area (Å²) in [6, 6.07) is 27.3. The molecule has 12 heteroatoms. The van der Waals surface area contributed by atoms with Crippen molar-refractivity contribution in [2.24, 2.45) is 29.6 Å². The molecule has 10 rings (SSSR count). The van der Waals surface area contributed by atoms with Crippen LogP contribution in [0.2, 0.25) is 5.02 Å². The van der Waals surface area contributed by atoms with E-state index in [9.17, 15) is 23.9 Å². The van der Waals surface area contributed by atoms with Gasteiger partial charge in [0.05, 0.1) is 35.1 Å². The number of halogens is 2. The number of carbonyl (C=O) groups excluding carboxylic acids is 4. The van der Waals surface area contributed by atoms with Crippen molar-refractivity contribution in [1.29, 1.82) is 0 Å². The number of rotatable bonds is 7. The molecule has 4 fully saturated rings. The summed E-state index contributed by atoms with van der Waals surface area (Å²) in [7, 11) is 0. The van der Waals surface area contributed by atoms with Gasteiger partial charge >= 0.3 is 0 Å². The van der Waals surface area contributed by atoms with Gasteiger partial charge in [-0.25, -0.2) is 4.39 Å². The van der Waals surface area contributed by atoms with Gasteiger partial charge in [0.2, 0.25) is 11.8 Å². The highest BCUT2D eigenvalue weighted by Gasteiger charge is 2.71. The highest BCUT2D eigenvalue weighted by atomic mass is 35.5. The van der Waals surface area contributed by atoms with Crippen molar-refractivity contribution in [3.8, 4) is 11.5 Å². The van der Waals surface area contributed by atoms with E-state index in [4.69, 9.17) is 16.3 Å². The lowest BCUT2D eigenvalue weighted by Crippen LogP contribution is -2.55. The first-order chi connectivity index (χ1) is 28.6. The fourth-order valence-electron chi connectivity index (χ4n) is 11.0. The Labute approximate surface area is 345 Å². The smallest absolute Gasteiger partial charge is 0.260 e. The summed E-state index contributed by atoms with van der Waals surface area (Å²) in [6.45, 7) is 2.31. The van der Waals surface area contributed by atoms with E-state index in [-0.39, 0.29) is 30.0 Å². The summed E-state index contributed by atoms with van der Waals surface area (Å²) >= 11 is 6.44. The highest BCUT2D eigenvalue weighted by molar-refractivity contribution is 6.30. The van der Waals surface area contributed by atoms with Crippen LogP contribution in [0.25, 0.3) is 0 Å². The Bertz CT molecular complexity index is 2430. The van der Waals surface area contributed by atoms with Gasteiger partial charge in [0, 0.05) is 48.6 Å². The number of nitrogens with zero attached hydrogens (tertiary/aromatic N) is 3. The molecular weight excluding hydrogens is 771 g/mol. The molecule has 0 unspecified atom stereocenters. The first-order valence-corrected chi connectivity index (χ1v) is 20.7. The molecule has 0 bridgehead atoms. The maximum absolute atomic E-state index is 15.5. The third kappa shape index (κ3) is 6.08. The normalized spacial score (nSPS) is 28.0. The number of anilines is 1. The molecule has 0 aromatic heterocycles. The van der Waals surface area contributed by atoms with Crippen LogP contribution >= 0.6 is 11.6 Å². The van der Waals surface area contributed by atoms with Crippen molar-refractivity contribution in [3.63, 3.8) is 0 Å². The van der Waals surface area contributed by atoms with E-state index in [0.717, 1.165) is 30.2 Å². The number of phenols is 1. The Kier molecular flexibility index (Phi) is 9.21. The minimum Gasteiger partial charge on any atom is -0.508 e. The number of fused-ring (bicyclic) bond motifs is 5. The van der Waals surface area contributed by atoms with Crippen LogP contribution in [0, 0.1) is 35.4 Å². The van der Waals surface area contributed by atoms with Gasteiger partial charge in [-0.05, 0) is 103 Å². The van der Waals surface area contributed by atoms with Gasteiger partial charge in [0.25, 0.3) is 11.8 Å². The molecule has 4 heterocycles. The minimum atomic E-state index is -1.52. The molecule has 4 aliphatic heterocycles. The maximum atomic E-state index is 15.5. The average molecular weight is 813 g/mol. The third-order valence-corrected chi connectivity index (χ3v) is 13.9. The molecule has 2 aliphatic carbocycles. The number of hydrazine groups is 1. The van der Waals surface area contributed by atoms with Gasteiger partial charge in [-0.15, -0.1) is 0 Å². The molecule has 4 aromatic carbocycles. The number of piperidine rings is 1. The third-order valence-electron chi connectivity index (χ3n) is 13.6. The Hall–Kier alpha value is -5.78. The molecule has 2 N–H and O–H groups in total. The zero-order valence-electron chi connectivity index (χ0n) is 32.1. The van der Waals surface area contributed by atoms with Crippen LogP contribution < -0.4 is 10.2 Å². The van der Waals surface area contributed by atoms with E-state index in [1.807, 2.05) is 24.3 Å². The van der Waals surface area contributed by atoms with Gasteiger partial charge in [-0.3, -0.25) is 34.4 Å². The number of phenolic OH excluding ortho intramolecular Hbond substituents is 1. The van der Waals surface area contributed by atoms with Crippen molar-refractivity contribution in [2.75, 3.05) is 18.5 Å². The number of amides is 4. The number of nitrogens with one attached hydrogen (secondary N) is 1. The summed E-state index contributed by atoms with van der Waals surface area (Å²) in [5, 5.41) is 12.0. The fourth-order valence-corrected chi connectivity index (χ4v) is 11.2. The second-order valence-electron chi connectivity index (χ2n) is 16.7. The van der Waals surface area contributed by atoms with E-state index in [1.165, 1.54) is 34.7 Å². The predicted octanol–water partition coefficient (Wildman–Crippen LogP) is 7.19. The van der Waals surface area contributed by atoms with Crippen molar-refractivity contribution in [2.45, 2.75) is 50.1 Å². The SMILES string of the molecule is O=C1[C@@H]2C[C@@H]3C(=CC[C@@H]4C(=O)N(C5CCN(Cc6ccccc6)CC5)C(=O)[C@@H]43)[C@H](C3=COc4ccc(O)cc4C3)[C@]2(c2ccc(Cl)cc2)C(=O)N1Nc1ccc(F)cc1. The van der Waals surface area contributed by atoms with Crippen molar-refractivity contribution in [1.82, 2.24) is 14.8 Å². The van der Waals surface area contributed by atoms with Crippen LogP contribution in [-0.4, -0.2) is 62.7 Å². The molecule has 6 aliphatic rings. The topological polar surface area (TPSA) is 119 Å². The van der Waals surface area contributed by atoms with Crippen molar-refractivity contribution < 1.29 is 33.4 Å². The largest absolute Gasteiger partial charge is 0.508 e. The highest BCUT2D eigenvalue weighted by Crippen LogP contribution is 2.63. The predicted molar refractivity (Wildman–Crippen MR) is 217 cm³/mol. The molecule has 59 heavy (non-hydrogen) atoms. The van der Waals surface area contributed by atoms with Crippen LogP contribution in [0.3, 0.4) is 0 Å². The number of ether oxygens (including phenoxy) is 1. The number of imide groups is 2. The monoisotopic (exact) mass is 812 g/mol. The van der Waals surface area contributed by atoms with E-state index in [0.29, 0.717) is 58.8 Å². The van der Waals surface area contributed by atoms with E-state index in [1.54, 1.807) is 48.7 Å². The lowest BCUT2D eigenvalue weighted by atomic mass is 9.48. The Morgan fingerprint density at radius 1 is 0.864 bits per heavy atom. The van der Waals surface area contributed by atoms with Crippen LogP contribution in [0.5, 0.6) is 11.5 Å². The lowest BCUT2D eigenvalue weighted by molar-refractivity contribution is -0.144.